The molecule has 0 saturated carbocycles. The average Bonchev–Trinajstić information content (AvgIpc) is 2.96. The Hall–Kier alpha value is -2.73. The van der Waals surface area contributed by atoms with Crippen LogP contribution in [-0.4, -0.2) is 16.1 Å². The highest BCUT2D eigenvalue weighted by molar-refractivity contribution is 7.18. The van der Waals surface area contributed by atoms with E-state index in [0.717, 1.165) is 16.1 Å². The summed E-state index contributed by atoms with van der Waals surface area (Å²) in [6.07, 6.45) is 0. The predicted molar refractivity (Wildman–Crippen MR) is 88.9 cm³/mol. The van der Waals surface area contributed by atoms with Crippen LogP contribution in [0.4, 0.5) is 10.8 Å². The Labute approximate surface area is 131 Å². The van der Waals surface area contributed by atoms with E-state index in [4.69, 9.17) is 5.73 Å². The van der Waals surface area contributed by atoms with Crippen LogP contribution in [0.1, 0.15) is 15.9 Å². The molecule has 3 rings (SSSR count). The second-order valence-electron chi connectivity index (χ2n) is 4.86. The highest BCUT2D eigenvalue weighted by atomic mass is 32.1. The van der Waals surface area contributed by atoms with Crippen molar-refractivity contribution in [2.45, 2.75) is 6.92 Å². The number of carbonyl (C=O) groups excluding carboxylic acids is 1. The molecule has 0 bridgehead atoms. The maximum atomic E-state index is 12.2. The fourth-order valence-electron chi connectivity index (χ4n) is 1.97. The predicted octanol–water partition coefficient (Wildman–Crippen LogP) is 3.35. The van der Waals surface area contributed by atoms with Gasteiger partial charge >= 0.3 is 0 Å². The van der Waals surface area contributed by atoms with Gasteiger partial charge in [0.15, 0.2) is 0 Å². The highest BCUT2D eigenvalue weighted by Crippen LogP contribution is 2.27. The largest absolute Gasteiger partial charge is 0.399 e. The quantitative estimate of drug-likeness (QED) is 0.727. The molecule has 110 valence electrons. The van der Waals surface area contributed by atoms with E-state index in [1.54, 1.807) is 6.07 Å². The lowest BCUT2D eigenvalue weighted by molar-refractivity contribution is 0.102. The summed E-state index contributed by atoms with van der Waals surface area (Å²) >= 11 is 1.32. The van der Waals surface area contributed by atoms with Crippen LogP contribution in [-0.2, 0) is 0 Å². The summed E-state index contributed by atoms with van der Waals surface area (Å²) in [6, 6.07) is 14.8. The lowest BCUT2D eigenvalue weighted by Gasteiger charge is -2.01. The van der Waals surface area contributed by atoms with Crippen molar-refractivity contribution < 1.29 is 4.79 Å². The number of nitrogens with two attached hydrogens (primary N) is 1. The van der Waals surface area contributed by atoms with E-state index in [1.807, 2.05) is 49.4 Å². The third-order valence-corrected chi connectivity index (χ3v) is 3.97. The van der Waals surface area contributed by atoms with E-state index in [2.05, 4.69) is 15.5 Å². The molecule has 0 aliphatic carbocycles. The van der Waals surface area contributed by atoms with Crippen molar-refractivity contribution in [3.05, 3.63) is 59.7 Å². The van der Waals surface area contributed by atoms with E-state index in [9.17, 15) is 4.79 Å². The summed E-state index contributed by atoms with van der Waals surface area (Å²) in [7, 11) is 0. The number of nitrogens with zero attached hydrogens (tertiary/aromatic N) is 2. The molecule has 3 N–H and O–H groups in total. The Morgan fingerprint density at radius 3 is 2.64 bits per heavy atom. The van der Waals surface area contributed by atoms with E-state index in [0.29, 0.717) is 16.4 Å². The Morgan fingerprint density at radius 1 is 1.14 bits per heavy atom. The minimum Gasteiger partial charge on any atom is -0.399 e. The topological polar surface area (TPSA) is 80.9 Å². The minimum atomic E-state index is -0.191. The van der Waals surface area contributed by atoms with Gasteiger partial charge in [-0.2, -0.15) is 0 Å². The molecule has 2 aromatic carbocycles. The summed E-state index contributed by atoms with van der Waals surface area (Å²) < 4.78 is 0. The van der Waals surface area contributed by atoms with Gasteiger partial charge in [0.1, 0.15) is 5.01 Å². The lowest BCUT2D eigenvalue weighted by Crippen LogP contribution is -2.11. The number of hydrogen-bond donors (Lipinski definition) is 2. The number of hydrogen-bond acceptors (Lipinski definition) is 5. The fourth-order valence-corrected chi connectivity index (χ4v) is 2.72. The number of anilines is 2. The standard InChI is InChI=1S/C16H14N4OS/c1-10-3-2-4-12(9-10)14(21)18-16-20-19-15(22-16)11-5-7-13(17)8-6-11/h2-9H,17H2,1H3,(H,18,20,21). The second kappa shape index (κ2) is 5.95. The van der Waals surface area contributed by atoms with Gasteiger partial charge in [-0.15, -0.1) is 10.2 Å². The van der Waals surface area contributed by atoms with Gasteiger partial charge in [0, 0.05) is 16.8 Å². The maximum absolute atomic E-state index is 12.2. The van der Waals surface area contributed by atoms with Crippen molar-refractivity contribution in [2.75, 3.05) is 11.1 Å². The van der Waals surface area contributed by atoms with Gasteiger partial charge < -0.3 is 5.73 Å². The molecular weight excluding hydrogens is 296 g/mol. The molecule has 0 radical (unpaired) electrons. The van der Waals surface area contributed by atoms with Crippen LogP contribution < -0.4 is 11.1 Å². The molecule has 0 saturated heterocycles. The van der Waals surface area contributed by atoms with Crippen LogP contribution in [0.25, 0.3) is 10.6 Å². The first-order valence-corrected chi connectivity index (χ1v) is 7.51. The molecule has 6 heteroatoms. The molecule has 5 nitrogen and oxygen atoms in total. The van der Waals surface area contributed by atoms with Gasteiger partial charge in [0.2, 0.25) is 5.13 Å². The number of carbonyl (C=O) groups is 1. The van der Waals surface area contributed by atoms with Crippen molar-refractivity contribution in [1.82, 2.24) is 10.2 Å². The van der Waals surface area contributed by atoms with Crippen molar-refractivity contribution in [1.29, 1.82) is 0 Å². The molecule has 1 aromatic heterocycles. The Balaban J connectivity index is 1.77. The number of aromatic nitrogens is 2. The minimum absolute atomic E-state index is 0.191. The van der Waals surface area contributed by atoms with E-state index in [-0.39, 0.29) is 5.91 Å². The van der Waals surface area contributed by atoms with Gasteiger partial charge in [-0.25, -0.2) is 0 Å². The number of aryl methyl sites for hydroxylation is 1. The molecule has 0 aliphatic rings. The molecule has 3 aromatic rings. The monoisotopic (exact) mass is 310 g/mol. The fraction of sp³-hybridized carbons (Fsp3) is 0.0625. The van der Waals surface area contributed by atoms with E-state index in [1.165, 1.54) is 11.3 Å². The Bertz CT molecular complexity index is 811. The van der Waals surface area contributed by atoms with Crippen LogP contribution in [0.5, 0.6) is 0 Å². The smallest absolute Gasteiger partial charge is 0.257 e. The zero-order chi connectivity index (χ0) is 15.5. The molecule has 0 atom stereocenters. The molecular formula is C16H14N4OS. The second-order valence-corrected chi connectivity index (χ2v) is 5.84. The lowest BCUT2D eigenvalue weighted by atomic mass is 10.1. The van der Waals surface area contributed by atoms with Gasteiger partial charge in [0.25, 0.3) is 5.91 Å². The third-order valence-electron chi connectivity index (χ3n) is 3.08. The number of nitrogen functional groups attached to an aromatic ring is 1. The maximum Gasteiger partial charge on any atom is 0.257 e. The van der Waals surface area contributed by atoms with Crippen LogP contribution >= 0.6 is 11.3 Å². The molecule has 1 amide bonds. The van der Waals surface area contributed by atoms with Gasteiger partial charge in [-0.3, -0.25) is 10.1 Å². The molecule has 0 fully saturated rings. The summed E-state index contributed by atoms with van der Waals surface area (Å²) in [4.78, 5) is 12.2. The molecule has 0 spiro atoms. The van der Waals surface area contributed by atoms with Gasteiger partial charge in [0.05, 0.1) is 0 Å². The van der Waals surface area contributed by atoms with Crippen molar-refractivity contribution in [3.8, 4) is 10.6 Å². The van der Waals surface area contributed by atoms with Crippen LogP contribution in [0.15, 0.2) is 48.5 Å². The van der Waals surface area contributed by atoms with Crippen molar-refractivity contribution in [3.63, 3.8) is 0 Å². The van der Waals surface area contributed by atoms with E-state index >= 15 is 0 Å². The molecule has 1 heterocycles. The Morgan fingerprint density at radius 2 is 1.91 bits per heavy atom. The summed E-state index contributed by atoms with van der Waals surface area (Å²) in [5.41, 5.74) is 8.91. The van der Waals surface area contributed by atoms with Crippen LogP contribution in [0.2, 0.25) is 0 Å². The number of amides is 1. The summed E-state index contributed by atoms with van der Waals surface area (Å²) in [5, 5.41) is 12.1. The highest BCUT2D eigenvalue weighted by Gasteiger charge is 2.11. The number of benzene rings is 2. The number of nitrogens with one attached hydrogen (secondary N) is 1. The average molecular weight is 310 g/mol. The zero-order valence-corrected chi connectivity index (χ0v) is 12.7. The first kappa shape index (κ1) is 14.2. The van der Waals surface area contributed by atoms with Gasteiger partial charge in [-0.05, 0) is 43.3 Å². The van der Waals surface area contributed by atoms with Crippen LogP contribution in [0.3, 0.4) is 0 Å². The summed E-state index contributed by atoms with van der Waals surface area (Å²) in [5.74, 6) is -0.191. The molecule has 0 unspecified atom stereocenters. The zero-order valence-electron chi connectivity index (χ0n) is 11.9. The first-order valence-electron chi connectivity index (χ1n) is 6.69. The first-order chi connectivity index (χ1) is 10.6. The van der Waals surface area contributed by atoms with Gasteiger partial charge in [-0.1, -0.05) is 29.0 Å². The Kier molecular flexibility index (Phi) is 3.84. The number of rotatable bonds is 3. The van der Waals surface area contributed by atoms with Crippen molar-refractivity contribution in [2.24, 2.45) is 0 Å². The molecule has 22 heavy (non-hydrogen) atoms. The molecule has 0 aliphatic heterocycles. The normalized spacial score (nSPS) is 10.4. The van der Waals surface area contributed by atoms with Crippen molar-refractivity contribution >= 4 is 28.1 Å². The summed E-state index contributed by atoms with van der Waals surface area (Å²) in [6.45, 7) is 1.95. The third kappa shape index (κ3) is 3.12. The van der Waals surface area contributed by atoms with Crippen LogP contribution in [0, 0.1) is 6.92 Å². The van der Waals surface area contributed by atoms with E-state index < -0.39 is 0 Å². The SMILES string of the molecule is Cc1cccc(C(=O)Nc2nnc(-c3ccc(N)cc3)s2)c1.